The molecule has 1 aliphatic heterocycles. The maximum atomic E-state index is 13.3. The molecule has 2 heterocycles. The maximum Gasteiger partial charge on any atom is 0.229 e. The topological polar surface area (TPSA) is 56.6 Å². The Morgan fingerprint density at radius 1 is 1.41 bits per heavy atom. The zero-order chi connectivity index (χ0) is 12.5. The minimum Gasteiger partial charge on any atom is -0.393 e. The summed E-state index contributed by atoms with van der Waals surface area (Å²) in [6.45, 7) is 0.888. The summed E-state index contributed by atoms with van der Waals surface area (Å²) in [7, 11) is 0. The van der Waals surface area contributed by atoms with Gasteiger partial charge in [0.1, 0.15) is 5.82 Å². The highest BCUT2D eigenvalue weighted by atomic mass is 79.9. The van der Waals surface area contributed by atoms with Gasteiger partial charge in [0.25, 0.3) is 0 Å². The molecule has 4 nitrogen and oxygen atoms in total. The number of rotatable bonds is 2. The Hall–Kier alpha value is -0.720. The predicted octanol–water partition coefficient (Wildman–Crippen LogP) is 1.31. The standard InChI is InChI=1S/C11H14BrFN2O2/c12-8-1-2-9(14-10(8)13)15-5-3-11(17,7-16)4-6-15/h1-2,16-17H,3-7H2. The predicted molar refractivity (Wildman–Crippen MR) is 65.4 cm³/mol. The van der Waals surface area contributed by atoms with Crippen LogP contribution in [0.3, 0.4) is 0 Å². The van der Waals surface area contributed by atoms with Crippen LogP contribution in [0.25, 0.3) is 0 Å². The molecule has 0 aromatic carbocycles. The molecule has 0 atom stereocenters. The number of aliphatic hydroxyl groups is 2. The van der Waals surface area contributed by atoms with Gasteiger partial charge in [-0.3, -0.25) is 0 Å². The van der Waals surface area contributed by atoms with E-state index in [4.69, 9.17) is 5.11 Å². The molecule has 17 heavy (non-hydrogen) atoms. The third-order valence-electron chi connectivity index (χ3n) is 3.10. The Kier molecular flexibility index (Phi) is 3.65. The lowest BCUT2D eigenvalue weighted by molar-refractivity contribution is -0.0326. The summed E-state index contributed by atoms with van der Waals surface area (Å²) in [6.07, 6.45) is 0.922. The van der Waals surface area contributed by atoms with Crippen molar-refractivity contribution in [3.63, 3.8) is 0 Å². The van der Waals surface area contributed by atoms with Gasteiger partial charge in [-0.1, -0.05) is 0 Å². The highest BCUT2D eigenvalue weighted by Crippen LogP contribution is 2.26. The van der Waals surface area contributed by atoms with E-state index in [0.717, 1.165) is 0 Å². The molecule has 2 N–H and O–H groups in total. The number of hydrogen-bond acceptors (Lipinski definition) is 4. The van der Waals surface area contributed by atoms with Gasteiger partial charge in [-0.15, -0.1) is 0 Å². The van der Waals surface area contributed by atoms with E-state index in [1.165, 1.54) is 0 Å². The Morgan fingerprint density at radius 3 is 2.59 bits per heavy atom. The second kappa shape index (κ2) is 4.88. The van der Waals surface area contributed by atoms with Crippen molar-refractivity contribution in [3.8, 4) is 0 Å². The molecule has 2 rings (SSSR count). The molecule has 0 unspecified atom stereocenters. The number of halogens is 2. The van der Waals surface area contributed by atoms with Gasteiger partial charge >= 0.3 is 0 Å². The first-order valence-electron chi connectivity index (χ1n) is 5.44. The van der Waals surface area contributed by atoms with Crippen molar-refractivity contribution in [2.45, 2.75) is 18.4 Å². The van der Waals surface area contributed by atoms with Crippen molar-refractivity contribution < 1.29 is 14.6 Å². The molecule has 0 saturated carbocycles. The van der Waals surface area contributed by atoms with Crippen LogP contribution in [-0.4, -0.2) is 40.5 Å². The van der Waals surface area contributed by atoms with E-state index in [2.05, 4.69) is 20.9 Å². The Balaban J connectivity index is 2.08. The average molecular weight is 305 g/mol. The van der Waals surface area contributed by atoms with Gasteiger partial charge in [-0.25, -0.2) is 4.98 Å². The molecule has 0 radical (unpaired) electrons. The van der Waals surface area contributed by atoms with Crippen LogP contribution >= 0.6 is 15.9 Å². The SMILES string of the molecule is OCC1(O)CCN(c2ccc(Br)c(F)n2)CC1. The summed E-state index contributed by atoms with van der Waals surface area (Å²) in [4.78, 5) is 5.74. The van der Waals surface area contributed by atoms with Crippen molar-refractivity contribution in [3.05, 3.63) is 22.6 Å². The zero-order valence-corrected chi connectivity index (χ0v) is 10.8. The number of hydrogen-bond donors (Lipinski definition) is 2. The number of anilines is 1. The molecule has 0 bridgehead atoms. The fourth-order valence-corrected chi connectivity index (χ4v) is 2.11. The van der Waals surface area contributed by atoms with Crippen molar-refractivity contribution in [2.75, 3.05) is 24.6 Å². The van der Waals surface area contributed by atoms with E-state index in [9.17, 15) is 9.50 Å². The van der Waals surface area contributed by atoms with E-state index >= 15 is 0 Å². The first kappa shape index (κ1) is 12.7. The van der Waals surface area contributed by atoms with Gasteiger partial charge in [-0.2, -0.15) is 4.39 Å². The fourth-order valence-electron chi connectivity index (χ4n) is 1.89. The number of aromatic nitrogens is 1. The maximum absolute atomic E-state index is 13.3. The molecular formula is C11H14BrFN2O2. The summed E-state index contributed by atoms with van der Waals surface area (Å²) < 4.78 is 13.6. The summed E-state index contributed by atoms with van der Waals surface area (Å²) >= 11 is 3.05. The van der Waals surface area contributed by atoms with Crippen LogP contribution in [-0.2, 0) is 0 Å². The number of aliphatic hydroxyl groups excluding tert-OH is 1. The number of pyridine rings is 1. The van der Waals surface area contributed by atoms with E-state index < -0.39 is 11.5 Å². The Bertz CT molecular complexity index is 408. The largest absolute Gasteiger partial charge is 0.393 e. The molecule has 1 aromatic heterocycles. The van der Waals surface area contributed by atoms with Crippen molar-refractivity contribution >= 4 is 21.7 Å². The average Bonchev–Trinajstić information content (AvgIpc) is 2.34. The van der Waals surface area contributed by atoms with Gasteiger partial charge in [0.2, 0.25) is 5.95 Å². The van der Waals surface area contributed by atoms with Crippen LogP contribution in [0.5, 0.6) is 0 Å². The van der Waals surface area contributed by atoms with Gasteiger partial charge in [0.15, 0.2) is 0 Å². The molecular weight excluding hydrogens is 291 g/mol. The molecule has 0 amide bonds. The normalized spacial score (nSPS) is 19.4. The van der Waals surface area contributed by atoms with E-state index in [0.29, 0.717) is 36.2 Å². The Labute approximate surface area is 107 Å². The molecule has 6 heteroatoms. The highest BCUT2D eigenvalue weighted by molar-refractivity contribution is 9.10. The van der Waals surface area contributed by atoms with Gasteiger partial charge in [0.05, 0.1) is 16.7 Å². The van der Waals surface area contributed by atoms with Gasteiger partial charge < -0.3 is 15.1 Å². The second-order valence-corrected chi connectivity index (χ2v) is 5.17. The third-order valence-corrected chi connectivity index (χ3v) is 3.69. The van der Waals surface area contributed by atoms with Crippen molar-refractivity contribution in [1.29, 1.82) is 0 Å². The van der Waals surface area contributed by atoms with Crippen LogP contribution in [0.1, 0.15) is 12.8 Å². The minimum absolute atomic E-state index is 0.233. The van der Waals surface area contributed by atoms with Crippen molar-refractivity contribution in [1.82, 2.24) is 4.98 Å². The molecule has 0 aliphatic carbocycles. The van der Waals surface area contributed by atoms with Gasteiger partial charge in [0, 0.05) is 13.1 Å². The molecule has 0 spiro atoms. The van der Waals surface area contributed by atoms with Crippen LogP contribution < -0.4 is 4.90 Å². The molecule has 1 fully saturated rings. The smallest absolute Gasteiger partial charge is 0.229 e. The molecule has 1 aromatic rings. The minimum atomic E-state index is -0.996. The summed E-state index contributed by atoms with van der Waals surface area (Å²) in [6, 6.07) is 3.35. The molecule has 1 aliphatic rings. The van der Waals surface area contributed by atoms with Crippen molar-refractivity contribution in [2.24, 2.45) is 0 Å². The molecule has 94 valence electrons. The zero-order valence-electron chi connectivity index (χ0n) is 9.24. The lowest BCUT2D eigenvalue weighted by Crippen LogP contribution is -2.46. The summed E-state index contributed by atoms with van der Waals surface area (Å²) in [5.41, 5.74) is -0.996. The number of piperidine rings is 1. The lowest BCUT2D eigenvalue weighted by Gasteiger charge is -2.37. The summed E-state index contributed by atoms with van der Waals surface area (Å²) in [5, 5.41) is 18.9. The fraction of sp³-hybridized carbons (Fsp3) is 0.545. The lowest BCUT2D eigenvalue weighted by atomic mass is 9.92. The van der Waals surface area contributed by atoms with Crippen LogP contribution in [0.15, 0.2) is 16.6 Å². The highest BCUT2D eigenvalue weighted by Gasteiger charge is 2.32. The van der Waals surface area contributed by atoms with E-state index in [1.807, 2.05) is 4.90 Å². The van der Waals surface area contributed by atoms with Crippen LogP contribution in [0, 0.1) is 5.95 Å². The number of nitrogens with zero attached hydrogens (tertiary/aromatic N) is 2. The second-order valence-electron chi connectivity index (χ2n) is 4.31. The first-order chi connectivity index (χ1) is 8.04. The van der Waals surface area contributed by atoms with Crippen LogP contribution in [0.4, 0.5) is 10.2 Å². The Morgan fingerprint density at radius 2 is 2.06 bits per heavy atom. The first-order valence-corrected chi connectivity index (χ1v) is 6.24. The van der Waals surface area contributed by atoms with Crippen LogP contribution in [0.2, 0.25) is 0 Å². The van der Waals surface area contributed by atoms with E-state index in [-0.39, 0.29) is 6.61 Å². The summed E-state index contributed by atoms with van der Waals surface area (Å²) in [5.74, 6) is 0.0242. The van der Waals surface area contributed by atoms with E-state index in [1.54, 1.807) is 12.1 Å². The monoisotopic (exact) mass is 304 g/mol. The van der Waals surface area contributed by atoms with Gasteiger partial charge in [-0.05, 0) is 40.9 Å². The quantitative estimate of drug-likeness (QED) is 0.809. The molecule has 1 saturated heterocycles. The third kappa shape index (κ3) is 2.75.